The number of benzene rings is 1. The molecule has 9 heteroatoms. The van der Waals surface area contributed by atoms with E-state index in [-0.39, 0.29) is 16.5 Å². The van der Waals surface area contributed by atoms with Crippen molar-refractivity contribution in [3.63, 3.8) is 0 Å². The first-order valence-corrected chi connectivity index (χ1v) is 11.9. The highest BCUT2D eigenvalue weighted by atomic mass is 32.2. The van der Waals surface area contributed by atoms with Crippen LogP contribution in [0.2, 0.25) is 0 Å². The fraction of sp³-hybridized carbons (Fsp3) is 0.619. The number of nitrogen functional groups attached to an aromatic ring is 1. The molecule has 8 nitrogen and oxygen atoms in total. The van der Waals surface area contributed by atoms with Crippen LogP contribution in [0, 0.1) is 17.3 Å². The maximum absolute atomic E-state index is 13.2. The van der Waals surface area contributed by atoms with Crippen molar-refractivity contribution in [3.05, 3.63) is 24.3 Å². The summed E-state index contributed by atoms with van der Waals surface area (Å²) in [6, 6.07) is 6.13. The highest BCUT2D eigenvalue weighted by molar-refractivity contribution is 7.89. The molecular formula is C21H30N4O4S. The molecule has 164 valence electrons. The van der Waals surface area contributed by atoms with Crippen molar-refractivity contribution in [2.24, 2.45) is 23.0 Å². The van der Waals surface area contributed by atoms with E-state index < -0.39 is 32.4 Å². The second-order valence-corrected chi connectivity index (χ2v) is 11.8. The van der Waals surface area contributed by atoms with E-state index >= 15 is 0 Å². The van der Waals surface area contributed by atoms with Crippen molar-refractivity contribution in [1.29, 1.82) is 0 Å². The van der Waals surface area contributed by atoms with E-state index in [2.05, 4.69) is 10.0 Å². The molecule has 1 aromatic carbocycles. The summed E-state index contributed by atoms with van der Waals surface area (Å²) >= 11 is 0. The third-order valence-corrected chi connectivity index (χ3v) is 8.86. The fourth-order valence-corrected chi connectivity index (χ4v) is 7.77. The van der Waals surface area contributed by atoms with Gasteiger partial charge in [-0.1, -0.05) is 12.1 Å². The number of sulfonamides is 1. The summed E-state index contributed by atoms with van der Waals surface area (Å²) in [6.07, 6.45) is 4.79. The van der Waals surface area contributed by atoms with E-state index in [4.69, 9.17) is 11.5 Å². The maximum atomic E-state index is 13.2. The first kappa shape index (κ1) is 21.1. The summed E-state index contributed by atoms with van der Waals surface area (Å²) < 4.78 is 28.2. The Morgan fingerprint density at radius 2 is 1.70 bits per heavy atom. The summed E-state index contributed by atoms with van der Waals surface area (Å²) in [5, 5.41) is 3.13. The van der Waals surface area contributed by atoms with Gasteiger partial charge in [-0.05, 0) is 76.3 Å². The SMILES string of the molecule is CC(C)(NS(=O)(=O)c1ccccc1N)C(=O)NC12CC3CC(C1)CC(C(N)=O)(C3)C2. The minimum atomic E-state index is -4.00. The molecule has 1 aromatic rings. The van der Waals surface area contributed by atoms with Gasteiger partial charge in [0.2, 0.25) is 21.8 Å². The smallest absolute Gasteiger partial charge is 0.243 e. The van der Waals surface area contributed by atoms with Crippen molar-refractivity contribution < 1.29 is 18.0 Å². The molecule has 0 heterocycles. The molecular weight excluding hydrogens is 404 g/mol. The average molecular weight is 435 g/mol. The predicted molar refractivity (Wildman–Crippen MR) is 112 cm³/mol. The van der Waals surface area contributed by atoms with Crippen LogP contribution in [0.1, 0.15) is 52.4 Å². The van der Waals surface area contributed by atoms with E-state index in [0.717, 1.165) is 32.1 Å². The van der Waals surface area contributed by atoms with Crippen molar-refractivity contribution in [1.82, 2.24) is 10.0 Å². The lowest BCUT2D eigenvalue weighted by molar-refractivity contribution is -0.151. The lowest BCUT2D eigenvalue weighted by atomic mass is 9.46. The van der Waals surface area contributed by atoms with Crippen LogP contribution in [-0.2, 0) is 19.6 Å². The number of para-hydroxylation sites is 1. The Hall–Kier alpha value is -2.13. The van der Waals surface area contributed by atoms with Crippen molar-refractivity contribution in [2.45, 2.75) is 68.3 Å². The molecule has 0 aliphatic heterocycles. The quantitative estimate of drug-likeness (QED) is 0.498. The second-order valence-electron chi connectivity index (χ2n) is 10.1. The number of rotatable bonds is 6. The van der Waals surface area contributed by atoms with Crippen LogP contribution in [0.25, 0.3) is 0 Å². The lowest BCUT2D eigenvalue weighted by Gasteiger charge is -2.61. The molecule has 0 saturated heterocycles. The van der Waals surface area contributed by atoms with Crippen LogP contribution in [-0.4, -0.2) is 31.3 Å². The summed E-state index contributed by atoms with van der Waals surface area (Å²) in [7, 11) is -4.00. The normalized spacial score (nSPS) is 32.7. The molecule has 2 amide bonds. The number of carbonyl (C=O) groups is 2. The largest absolute Gasteiger partial charge is 0.398 e. The molecule has 4 bridgehead atoms. The third-order valence-electron chi connectivity index (χ3n) is 7.13. The Kier molecular flexibility index (Phi) is 4.70. The lowest BCUT2D eigenvalue weighted by Crippen LogP contribution is -2.68. The Morgan fingerprint density at radius 1 is 1.10 bits per heavy atom. The third kappa shape index (κ3) is 3.47. The maximum Gasteiger partial charge on any atom is 0.243 e. The number of amides is 2. The van der Waals surface area contributed by atoms with Gasteiger partial charge in [-0.3, -0.25) is 9.59 Å². The Bertz CT molecular complexity index is 990. The van der Waals surface area contributed by atoms with Gasteiger partial charge >= 0.3 is 0 Å². The van der Waals surface area contributed by atoms with Gasteiger partial charge in [0.1, 0.15) is 10.4 Å². The molecule has 0 aromatic heterocycles. The van der Waals surface area contributed by atoms with E-state index in [1.54, 1.807) is 12.1 Å². The second kappa shape index (κ2) is 6.68. The first-order valence-electron chi connectivity index (χ1n) is 10.4. The molecule has 4 aliphatic rings. The topological polar surface area (TPSA) is 144 Å². The molecule has 5 rings (SSSR count). The monoisotopic (exact) mass is 434 g/mol. The summed E-state index contributed by atoms with van der Waals surface area (Å²) in [5.41, 5.74) is 9.24. The van der Waals surface area contributed by atoms with Gasteiger partial charge < -0.3 is 16.8 Å². The summed E-state index contributed by atoms with van der Waals surface area (Å²) in [6.45, 7) is 3.06. The minimum absolute atomic E-state index is 0.0617. The molecule has 2 unspecified atom stereocenters. The molecule has 30 heavy (non-hydrogen) atoms. The van der Waals surface area contributed by atoms with Gasteiger partial charge in [0.25, 0.3) is 0 Å². The zero-order chi connectivity index (χ0) is 21.9. The van der Waals surface area contributed by atoms with Crippen LogP contribution in [0.15, 0.2) is 29.2 Å². The van der Waals surface area contributed by atoms with Crippen LogP contribution >= 0.6 is 0 Å². The van der Waals surface area contributed by atoms with E-state index in [0.29, 0.717) is 18.3 Å². The number of nitrogens with two attached hydrogens (primary N) is 2. The minimum Gasteiger partial charge on any atom is -0.398 e. The fourth-order valence-electron chi connectivity index (χ4n) is 6.26. The number of nitrogens with one attached hydrogen (secondary N) is 2. The number of carbonyl (C=O) groups excluding carboxylic acids is 2. The number of hydrogen-bond acceptors (Lipinski definition) is 5. The Morgan fingerprint density at radius 3 is 2.27 bits per heavy atom. The van der Waals surface area contributed by atoms with Gasteiger partial charge in [-0.25, -0.2) is 8.42 Å². The van der Waals surface area contributed by atoms with Crippen molar-refractivity contribution >= 4 is 27.5 Å². The van der Waals surface area contributed by atoms with Gasteiger partial charge in [0, 0.05) is 5.54 Å². The van der Waals surface area contributed by atoms with Crippen LogP contribution < -0.4 is 21.5 Å². The molecule has 0 radical (unpaired) electrons. The summed E-state index contributed by atoms with van der Waals surface area (Å²) in [4.78, 5) is 25.4. The average Bonchev–Trinajstić information content (AvgIpc) is 2.59. The van der Waals surface area contributed by atoms with Crippen LogP contribution in [0.5, 0.6) is 0 Å². The zero-order valence-corrected chi connectivity index (χ0v) is 18.2. The number of primary amides is 1. The van der Waals surface area contributed by atoms with E-state index in [1.807, 2.05) is 0 Å². The van der Waals surface area contributed by atoms with Crippen molar-refractivity contribution in [2.75, 3.05) is 5.73 Å². The highest BCUT2D eigenvalue weighted by Crippen LogP contribution is 2.61. The van der Waals surface area contributed by atoms with Crippen LogP contribution in [0.4, 0.5) is 5.69 Å². The van der Waals surface area contributed by atoms with E-state index in [1.165, 1.54) is 26.0 Å². The van der Waals surface area contributed by atoms with Gasteiger partial charge in [0.05, 0.1) is 11.1 Å². The molecule has 0 spiro atoms. The molecule has 4 saturated carbocycles. The predicted octanol–water partition coefficient (Wildman–Crippen LogP) is 1.27. The number of anilines is 1. The van der Waals surface area contributed by atoms with Crippen molar-refractivity contribution in [3.8, 4) is 0 Å². The van der Waals surface area contributed by atoms with Gasteiger partial charge in [-0.2, -0.15) is 4.72 Å². The van der Waals surface area contributed by atoms with Gasteiger partial charge in [0.15, 0.2) is 0 Å². The standard InChI is InChI=1S/C21H30N4O4S/c1-19(2,25-30(28,29)16-6-4-3-5-15(16)22)18(27)24-21-10-13-7-14(11-21)9-20(8-13,12-21)17(23)26/h3-6,13-14,25H,7-12,22H2,1-2H3,(H2,23,26)(H,24,27). The Balaban J connectivity index is 1.55. The zero-order valence-electron chi connectivity index (χ0n) is 17.4. The number of hydrogen-bond donors (Lipinski definition) is 4. The van der Waals surface area contributed by atoms with Gasteiger partial charge in [-0.15, -0.1) is 0 Å². The Labute approximate surface area is 177 Å². The molecule has 4 aliphatic carbocycles. The molecule has 2 atom stereocenters. The summed E-state index contributed by atoms with van der Waals surface area (Å²) in [5.74, 6) is 0.0304. The molecule has 6 N–H and O–H groups in total. The molecule has 4 fully saturated rings. The highest BCUT2D eigenvalue weighted by Gasteiger charge is 2.61. The van der Waals surface area contributed by atoms with E-state index in [9.17, 15) is 18.0 Å². The first-order chi connectivity index (χ1) is 13.9. The van der Waals surface area contributed by atoms with Crippen LogP contribution in [0.3, 0.4) is 0 Å².